The summed E-state index contributed by atoms with van der Waals surface area (Å²) in [6.45, 7) is 7.48. The van der Waals surface area contributed by atoms with Crippen LogP contribution in [0.25, 0.3) is 0 Å². The van der Waals surface area contributed by atoms with E-state index in [4.69, 9.17) is 4.84 Å². The molecule has 5 nitrogen and oxygen atoms in total. The quantitative estimate of drug-likeness (QED) is 0.478. The van der Waals surface area contributed by atoms with E-state index in [1.54, 1.807) is 7.05 Å². The Balaban J connectivity index is 2.25. The zero-order valence-electron chi connectivity index (χ0n) is 15.7. The van der Waals surface area contributed by atoms with E-state index in [-0.39, 0.29) is 5.91 Å². The van der Waals surface area contributed by atoms with Gasteiger partial charge in [-0.05, 0) is 68.3 Å². The number of hydroxylamine groups is 1. The van der Waals surface area contributed by atoms with Crippen LogP contribution in [0, 0.1) is 13.8 Å². The molecule has 0 N–H and O–H groups in total. The van der Waals surface area contributed by atoms with Crippen LogP contribution in [-0.4, -0.2) is 25.8 Å². The van der Waals surface area contributed by atoms with E-state index < -0.39 is 0 Å². The summed E-state index contributed by atoms with van der Waals surface area (Å²) < 4.78 is 0. The van der Waals surface area contributed by atoms with Crippen LogP contribution in [0.2, 0.25) is 0 Å². The maximum atomic E-state index is 12.0. The van der Waals surface area contributed by atoms with Crippen molar-refractivity contribution in [2.45, 2.75) is 27.7 Å². The minimum Gasteiger partial charge on any atom is -0.372 e. The SMILES string of the molecule is CN=C(C)N(C)c1ccc(N(Oc2ccc(C)c(C)c2)C(C)=O)cc1. The van der Waals surface area contributed by atoms with Gasteiger partial charge in [0.15, 0.2) is 5.75 Å². The van der Waals surface area contributed by atoms with E-state index in [0.29, 0.717) is 11.4 Å². The standard InChI is InChI=1S/C20H25N3O2/c1-14-7-12-20(13-15(14)2)25-23(17(4)24)19-10-8-18(9-11-19)22(6)16(3)21-5/h7-13H,1-6H3. The van der Waals surface area contributed by atoms with Crippen LogP contribution in [0.5, 0.6) is 5.75 Å². The van der Waals surface area contributed by atoms with Crippen molar-refractivity contribution in [3.63, 3.8) is 0 Å². The number of carbonyl (C=O) groups excluding carboxylic acids is 1. The Bertz CT molecular complexity index is 782. The normalized spacial score (nSPS) is 11.2. The summed E-state index contributed by atoms with van der Waals surface area (Å²) in [6.07, 6.45) is 0. The first kappa shape index (κ1) is 18.5. The maximum absolute atomic E-state index is 12.0. The van der Waals surface area contributed by atoms with E-state index in [9.17, 15) is 4.79 Å². The Hall–Kier alpha value is -2.82. The average Bonchev–Trinajstić information content (AvgIpc) is 2.61. The van der Waals surface area contributed by atoms with Crippen molar-refractivity contribution in [3.8, 4) is 5.75 Å². The highest BCUT2D eigenvalue weighted by Crippen LogP contribution is 2.24. The van der Waals surface area contributed by atoms with Crippen LogP contribution in [0.3, 0.4) is 0 Å². The number of amidine groups is 1. The molecule has 0 heterocycles. The zero-order chi connectivity index (χ0) is 18.6. The lowest BCUT2D eigenvalue weighted by Crippen LogP contribution is -2.32. The van der Waals surface area contributed by atoms with Gasteiger partial charge in [-0.15, -0.1) is 5.06 Å². The Kier molecular flexibility index (Phi) is 5.80. The second-order valence-electron chi connectivity index (χ2n) is 6.00. The number of amides is 1. The third-order valence-electron chi connectivity index (χ3n) is 4.24. The van der Waals surface area contributed by atoms with E-state index >= 15 is 0 Å². The Morgan fingerprint density at radius 3 is 2.08 bits per heavy atom. The number of nitrogens with zero attached hydrogens (tertiary/aromatic N) is 3. The Morgan fingerprint density at radius 2 is 1.56 bits per heavy atom. The molecule has 132 valence electrons. The van der Waals surface area contributed by atoms with E-state index in [2.05, 4.69) is 4.99 Å². The summed E-state index contributed by atoms with van der Waals surface area (Å²) in [5.41, 5.74) is 3.96. The lowest BCUT2D eigenvalue weighted by atomic mass is 10.1. The number of aryl methyl sites for hydroxylation is 2. The van der Waals surface area contributed by atoms with Gasteiger partial charge in [-0.3, -0.25) is 9.79 Å². The van der Waals surface area contributed by atoms with Crippen LogP contribution in [0.1, 0.15) is 25.0 Å². The monoisotopic (exact) mass is 339 g/mol. The van der Waals surface area contributed by atoms with Crippen molar-refractivity contribution in [1.82, 2.24) is 0 Å². The second kappa shape index (κ2) is 7.83. The molecule has 0 aromatic heterocycles. The van der Waals surface area contributed by atoms with Gasteiger partial charge in [-0.25, -0.2) is 0 Å². The number of rotatable bonds is 4. The van der Waals surface area contributed by atoms with Gasteiger partial charge in [-0.2, -0.15) is 0 Å². The highest BCUT2D eigenvalue weighted by molar-refractivity contribution is 5.96. The Morgan fingerprint density at radius 1 is 0.960 bits per heavy atom. The van der Waals surface area contributed by atoms with Crippen molar-refractivity contribution < 1.29 is 9.63 Å². The molecule has 0 aliphatic rings. The largest absolute Gasteiger partial charge is 0.372 e. The summed E-state index contributed by atoms with van der Waals surface area (Å²) in [5, 5.41) is 1.30. The predicted octanol–water partition coefficient (Wildman–Crippen LogP) is 4.13. The van der Waals surface area contributed by atoms with Gasteiger partial charge in [0.25, 0.3) is 5.91 Å². The number of hydrogen-bond acceptors (Lipinski definition) is 3. The van der Waals surface area contributed by atoms with Crippen LogP contribution in [-0.2, 0) is 4.79 Å². The van der Waals surface area contributed by atoms with Gasteiger partial charge in [-0.1, -0.05) is 6.07 Å². The second-order valence-corrected chi connectivity index (χ2v) is 6.00. The molecule has 0 aliphatic carbocycles. The molecule has 2 aromatic rings. The van der Waals surface area contributed by atoms with Crippen molar-refractivity contribution >= 4 is 23.1 Å². The van der Waals surface area contributed by atoms with Gasteiger partial charge in [0.2, 0.25) is 0 Å². The number of hydrogen-bond donors (Lipinski definition) is 0. The van der Waals surface area contributed by atoms with Crippen LogP contribution in [0.15, 0.2) is 47.5 Å². The third-order valence-corrected chi connectivity index (χ3v) is 4.24. The number of anilines is 2. The minimum absolute atomic E-state index is 0.189. The third kappa shape index (κ3) is 4.38. The highest BCUT2D eigenvalue weighted by atomic mass is 16.7. The smallest absolute Gasteiger partial charge is 0.256 e. The first-order valence-corrected chi connectivity index (χ1v) is 8.16. The van der Waals surface area contributed by atoms with Crippen LogP contribution in [0.4, 0.5) is 11.4 Å². The molecule has 5 heteroatoms. The lowest BCUT2D eigenvalue weighted by Gasteiger charge is -2.23. The first-order valence-electron chi connectivity index (χ1n) is 8.16. The van der Waals surface area contributed by atoms with Crippen molar-refractivity contribution in [2.24, 2.45) is 4.99 Å². The summed E-state index contributed by atoms with van der Waals surface area (Å²) in [5.74, 6) is 1.35. The number of aliphatic imine (C=N–C) groups is 1. The van der Waals surface area contributed by atoms with E-state index in [0.717, 1.165) is 17.1 Å². The molecule has 25 heavy (non-hydrogen) atoms. The molecule has 0 spiro atoms. The van der Waals surface area contributed by atoms with Gasteiger partial charge in [0.05, 0.1) is 11.5 Å². The molecular weight excluding hydrogens is 314 g/mol. The van der Waals surface area contributed by atoms with Crippen molar-refractivity contribution in [2.75, 3.05) is 24.1 Å². The molecule has 0 unspecified atom stereocenters. The summed E-state index contributed by atoms with van der Waals surface area (Å²) >= 11 is 0. The minimum atomic E-state index is -0.189. The summed E-state index contributed by atoms with van der Waals surface area (Å²) in [7, 11) is 3.71. The molecule has 0 bridgehead atoms. The van der Waals surface area contributed by atoms with Gasteiger partial charge >= 0.3 is 0 Å². The molecular formula is C20H25N3O2. The van der Waals surface area contributed by atoms with Crippen molar-refractivity contribution in [1.29, 1.82) is 0 Å². The van der Waals surface area contributed by atoms with E-state index in [1.165, 1.54) is 17.6 Å². The molecule has 0 fully saturated rings. The summed E-state index contributed by atoms with van der Waals surface area (Å²) in [6, 6.07) is 13.4. The molecule has 1 amide bonds. The fourth-order valence-electron chi connectivity index (χ4n) is 2.32. The maximum Gasteiger partial charge on any atom is 0.256 e. The van der Waals surface area contributed by atoms with Gasteiger partial charge < -0.3 is 9.74 Å². The first-order chi connectivity index (χ1) is 11.8. The molecule has 0 saturated heterocycles. The summed E-state index contributed by atoms with van der Waals surface area (Å²) in [4.78, 5) is 24.0. The molecule has 0 saturated carbocycles. The molecule has 2 aromatic carbocycles. The highest BCUT2D eigenvalue weighted by Gasteiger charge is 2.15. The number of carbonyl (C=O) groups is 1. The van der Waals surface area contributed by atoms with Crippen LogP contribution < -0.4 is 14.8 Å². The molecule has 0 atom stereocenters. The van der Waals surface area contributed by atoms with Gasteiger partial charge in [0.1, 0.15) is 0 Å². The van der Waals surface area contributed by atoms with Crippen molar-refractivity contribution in [3.05, 3.63) is 53.6 Å². The zero-order valence-corrected chi connectivity index (χ0v) is 15.7. The fraction of sp³-hybridized carbons (Fsp3) is 0.300. The predicted molar refractivity (Wildman–Crippen MR) is 104 cm³/mol. The molecule has 2 rings (SSSR count). The van der Waals surface area contributed by atoms with Crippen LogP contribution >= 0.6 is 0 Å². The average molecular weight is 339 g/mol. The van der Waals surface area contributed by atoms with Gasteiger partial charge in [0, 0.05) is 26.7 Å². The lowest BCUT2D eigenvalue weighted by molar-refractivity contribution is -0.120. The molecule has 0 aliphatic heterocycles. The van der Waals surface area contributed by atoms with E-state index in [1.807, 2.05) is 75.2 Å². The topological polar surface area (TPSA) is 45.1 Å². The number of benzene rings is 2. The Labute approximate surface area is 149 Å². The molecule has 0 radical (unpaired) electrons. The fourth-order valence-corrected chi connectivity index (χ4v) is 2.32.